The van der Waals surface area contributed by atoms with Gasteiger partial charge in [-0.05, 0) is 43.4 Å². The summed E-state index contributed by atoms with van der Waals surface area (Å²) in [5, 5.41) is 19.1. The number of aromatic hydroxyl groups is 1. The summed E-state index contributed by atoms with van der Waals surface area (Å²) in [7, 11) is 0. The first-order chi connectivity index (χ1) is 6.20. The number of phenolic OH excluding ortho intramolecular Hbond substituents is 1. The maximum absolute atomic E-state index is 9.59. The quantitative estimate of drug-likeness (QED) is 0.690. The minimum Gasteiger partial charge on any atom is -0.508 e. The first kappa shape index (κ1) is 8.57. The normalized spacial score (nSPS) is 17.1. The molecule has 0 aromatic heterocycles. The zero-order valence-electron chi connectivity index (χ0n) is 7.75. The summed E-state index contributed by atoms with van der Waals surface area (Å²) in [5.74, 6) is 0.232. The Morgan fingerprint density at radius 1 is 1.31 bits per heavy atom. The van der Waals surface area contributed by atoms with Gasteiger partial charge in [0.25, 0.3) is 0 Å². The molecule has 1 aromatic rings. The van der Waals surface area contributed by atoms with Crippen molar-refractivity contribution in [3.63, 3.8) is 0 Å². The van der Waals surface area contributed by atoms with Crippen LogP contribution in [0.1, 0.15) is 36.1 Å². The predicted molar refractivity (Wildman–Crippen MR) is 50.8 cm³/mol. The van der Waals surface area contributed by atoms with Gasteiger partial charge in [0, 0.05) is 5.56 Å². The molecule has 0 bridgehead atoms. The van der Waals surface area contributed by atoms with Gasteiger partial charge in [-0.3, -0.25) is 0 Å². The van der Waals surface area contributed by atoms with Crippen LogP contribution in [0.3, 0.4) is 0 Å². The largest absolute Gasteiger partial charge is 0.508 e. The van der Waals surface area contributed by atoms with Gasteiger partial charge >= 0.3 is 0 Å². The smallest absolute Gasteiger partial charge is 0.121 e. The third-order valence-electron chi connectivity index (χ3n) is 2.72. The highest BCUT2D eigenvalue weighted by atomic mass is 16.3. The third kappa shape index (κ3) is 1.31. The van der Waals surface area contributed by atoms with Crippen molar-refractivity contribution in [1.82, 2.24) is 0 Å². The van der Waals surface area contributed by atoms with Gasteiger partial charge in [0.1, 0.15) is 5.75 Å². The Balaban J connectivity index is 2.58. The number of phenols is 1. The summed E-state index contributed by atoms with van der Waals surface area (Å²) in [6, 6.07) is 3.65. The van der Waals surface area contributed by atoms with E-state index in [1.54, 1.807) is 13.0 Å². The van der Waals surface area contributed by atoms with Crippen molar-refractivity contribution in [2.75, 3.05) is 0 Å². The van der Waals surface area contributed by atoms with Crippen molar-refractivity contribution in [1.29, 1.82) is 0 Å². The van der Waals surface area contributed by atoms with Crippen molar-refractivity contribution in [3.8, 4) is 5.75 Å². The van der Waals surface area contributed by atoms with Crippen LogP contribution in [0.25, 0.3) is 0 Å². The van der Waals surface area contributed by atoms with E-state index in [1.807, 2.05) is 6.07 Å². The number of benzene rings is 1. The molecule has 1 aliphatic carbocycles. The van der Waals surface area contributed by atoms with Crippen LogP contribution >= 0.6 is 0 Å². The van der Waals surface area contributed by atoms with Crippen molar-refractivity contribution in [2.24, 2.45) is 0 Å². The zero-order chi connectivity index (χ0) is 9.42. The molecule has 0 fully saturated rings. The molecule has 0 aliphatic heterocycles. The number of rotatable bonds is 1. The van der Waals surface area contributed by atoms with Crippen LogP contribution in [-0.2, 0) is 12.8 Å². The van der Waals surface area contributed by atoms with Crippen LogP contribution in [0.5, 0.6) is 5.75 Å². The summed E-state index contributed by atoms with van der Waals surface area (Å²) in [4.78, 5) is 0. The van der Waals surface area contributed by atoms with E-state index in [-0.39, 0.29) is 5.75 Å². The maximum atomic E-state index is 9.59. The molecule has 2 N–H and O–H groups in total. The van der Waals surface area contributed by atoms with Gasteiger partial charge in [0.2, 0.25) is 0 Å². The van der Waals surface area contributed by atoms with E-state index in [0.29, 0.717) is 0 Å². The van der Waals surface area contributed by atoms with Crippen molar-refractivity contribution < 1.29 is 10.2 Å². The Labute approximate surface area is 77.8 Å². The topological polar surface area (TPSA) is 40.5 Å². The van der Waals surface area contributed by atoms with Crippen LogP contribution in [-0.4, -0.2) is 10.2 Å². The number of aryl methyl sites for hydroxylation is 1. The summed E-state index contributed by atoms with van der Waals surface area (Å²) in [5.41, 5.74) is 3.18. The molecule has 2 heteroatoms. The van der Waals surface area contributed by atoms with Crippen LogP contribution in [0.4, 0.5) is 0 Å². The van der Waals surface area contributed by atoms with E-state index < -0.39 is 6.10 Å². The summed E-state index contributed by atoms with van der Waals surface area (Å²) in [6.07, 6.45) is 2.64. The van der Waals surface area contributed by atoms with Gasteiger partial charge in [0.15, 0.2) is 0 Å². The van der Waals surface area contributed by atoms with Crippen molar-refractivity contribution in [2.45, 2.75) is 32.3 Å². The van der Waals surface area contributed by atoms with Crippen LogP contribution in [0.15, 0.2) is 12.1 Å². The zero-order valence-corrected chi connectivity index (χ0v) is 7.75. The number of hydrogen-bond donors (Lipinski definition) is 2. The third-order valence-corrected chi connectivity index (χ3v) is 2.72. The molecule has 1 unspecified atom stereocenters. The minimum atomic E-state index is -0.562. The number of hydrogen-bond acceptors (Lipinski definition) is 2. The Bertz CT molecular complexity index is 329. The molecule has 0 saturated carbocycles. The lowest BCUT2D eigenvalue weighted by Crippen LogP contribution is -1.98. The monoisotopic (exact) mass is 178 g/mol. The predicted octanol–water partition coefficient (Wildman–Crippen LogP) is 1.93. The van der Waals surface area contributed by atoms with Gasteiger partial charge in [-0.1, -0.05) is 6.07 Å². The van der Waals surface area contributed by atoms with E-state index in [9.17, 15) is 10.2 Å². The lowest BCUT2D eigenvalue weighted by atomic mass is 9.99. The van der Waals surface area contributed by atoms with E-state index in [0.717, 1.165) is 30.4 Å². The number of aliphatic hydroxyl groups is 1. The molecule has 1 aliphatic rings. The maximum Gasteiger partial charge on any atom is 0.121 e. The fraction of sp³-hybridized carbons (Fsp3) is 0.455. The molecular formula is C11H14O2. The highest BCUT2D eigenvalue weighted by Gasteiger charge is 2.20. The second-order valence-corrected chi connectivity index (χ2v) is 3.67. The Morgan fingerprint density at radius 3 is 2.77 bits per heavy atom. The number of fused-ring (bicyclic) bond motifs is 1. The molecule has 0 heterocycles. The van der Waals surface area contributed by atoms with Crippen molar-refractivity contribution in [3.05, 3.63) is 28.8 Å². The van der Waals surface area contributed by atoms with Crippen LogP contribution in [0.2, 0.25) is 0 Å². The van der Waals surface area contributed by atoms with E-state index >= 15 is 0 Å². The SMILES string of the molecule is CC(O)c1c(O)ccc2c1CCC2. The molecule has 0 amide bonds. The van der Waals surface area contributed by atoms with E-state index in [2.05, 4.69) is 0 Å². The molecule has 1 atom stereocenters. The highest BCUT2D eigenvalue weighted by molar-refractivity contribution is 5.47. The molecule has 70 valence electrons. The van der Waals surface area contributed by atoms with Gasteiger partial charge in [-0.25, -0.2) is 0 Å². The van der Waals surface area contributed by atoms with Gasteiger partial charge in [0.05, 0.1) is 6.10 Å². The second kappa shape index (κ2) is 3.04. The molecule has 0 saturated heterocycles. The standard InChI is InChI=1S/C11H14O2/c1-7(12)11-9-4-2-3-8(9)5-6-10(11)13/h5-7,12-13H,2-4H2,1H3. The average molecular weight is 178 g/mol. The van der Waals surface area contributed by atoms with Gasteiger partial charge in [-0.2, -0.15) is 0 Å². The Kier molecular flexibility index (Phi) is 2.00. The summed E-state index contributed by atoms with van der Waals surface area (Å²) >= 11 is 0. The first-order valence-corrected chi connectivity index (χ1v) is 4.72. The molecule has 0 radical (unpaired) electrons. The van der Waals surface area contributed by atoms with Crippen molar-refractivity contribution >= 4 is 0 Å². The summed E-state index contributed by atoms with van der Waals surface area (Å²) < 4.78 is 0. The summed E-state index contributed by atoms with van der Waals surface area (Å²) in [6.45, 7) is 1.70. The molecule has 0 spiro atoms. The van der Waals surface area contributed by atoms with E-state index in [4.69, 9.17) is 0 Å². The highest BCUT2D eigenvalue weighted by Crippen LogP contribution is 2.34. The van der Waals surface area contributed by atoms with Gasteiger partial charge < -0.3 is 10.2 Å². The second-order valence-electron chi connectivity index (χ2n) is 3.67. The molecule has 2 rings (SSSR count). The molecule has 2 nitrogen and oxygen atoms in total. The Morgan fingerprint density at radius 2 is 2.08 bits per heavy atom. The molecule has 1 aromatic carbocycles. The minimum absolute atomic E-state index is 0.232. The lowest BCUT2D eigenvalue weighted by Gasteiger charge is -2.12. The Hall–Kier alpha value is -1.02. The first-order valence-electron chi connectivity index (χ1n) is 4.72. The van der Waals surface area contributed by atoms with E-state index in [1.165, 1.54) is 5.56 Å². The molecule has 13 heavy (non-hydrogen) atoms. The van der Waals surface area contributed by atoms with Crippen LogP contribution < -0.4 is 0 Å². The average Bonchev–Trinajstić information content (AvgIpc) is 2.50. The lowest BCUT2D eigenvalue weighted by molar-refractivity contribution is 0.194. The van der Waals surface area contributed by atoms with Gasteiger partial charge in [-0.15, -0.1) is 0 Å². The van der Waals surface area contributed by atoms with Crippen LogP contribution in [0, 0.1) is 0 Å². The molecular weight excluding hydrogens is 164 g/mol. The number of aliphatic hydroxyl groups excluding tert-OH is 1. The fourth-order valence-corrected chi connectivity index (χ4v) is 2.15. The fourth-order valence-electron chi connectivity index (χ4n) is 2.15.